The van der Waals surface area contributed by atoms with E-state index in [0.29, 0.717) is 22.9 Å². The number of imidazole rings is 1. The minimum atomic E-state index is -0.360. The molecular formula is C24H19N5O4S. The summed E-state index contributed by atoms with van der Waals surface area (Å²) >= 11 is 1.75. The molecule has 2 aromatic heterocycles. The Morgan fingerprint density at radius 1 is 1.00 bits per heavy atom. The maximum Gasteiger partial charge on any atom is 0.267 e. The van der Waals surface area contributed by atoms with Gasteiger partial charge < -0.3 is 19.4 Å². The molecule has 2 aromatic carbocycles. The van der Waals surface area contributed by atoms with Crippen molar-refractivity contribution in [2.24, 2.45) is 0 Å². The van der Waals surface area contributed by atoms with Crippen LogP contribution < -0.4 is 20.3 Å². The van der Waals surface area contributed by atoms with Gasteiger partial charge in [0.1, 0.15) is 6.54 Å². The van der Waals surface area contributed by atoms with Crippen LogP contribution in [0.1, 0.15) is 0 Å². The Bertz CT molecular complexity index is 1440. The minimum Gasteiger partial charge on any atom is -0.454 e. The Hall–Kier alpha value is -4.05. The zero-order valence-electron chi connectivity index (χ0n) is 17.9. The Labute approximate surface area is 198 Å². The number of aromatic nitrogens is 4. The second-order valence-electron chi connectivity index (χ2n) is 7.86. The van der Waals surface area contributed by atoms with E-state index < -0.39 is 0 Å². The number of fused-ring (bicyclic) bond motifs is 2. The van der Waals surface area contributed by atoms with Crippen LogP contribution in [0.2, 0.25) is 0 Å². The molecule has 1 amide bonds. The fraction of sp³-hybridized carbons (Fsp3) is 0.167. The van der Waals surface area contributed by atoms with E-state index in [1.807, 2.05) is 36.5 Å². The molecule has 4 heterocycles. The Kier molecular flexibility index (Phi) is 5.06. The van der Waals surface area contributed by atoms with Crippen molar-refractivity contribution in [3.63, 3.8) is 0 Å². The molecule has 1 N–H and O–H groups in total. The molecule has 6 rings (SSSR count). The number of anilines is 1. The average molecular weight is 474 g/mol. The molecule has 0 saturated carbocycles. The highest BCUT2D eigenvalue weighted by molar-refractivity contribution is 7.99. The average Bonchev–Trinajstić information content (AvgIpc) is 3.57. The summed E-state index contributed by atoms with van der Waals surface area (Å²) in [7, 11) is 0. The lowest BCUT2D eigenvalue weighted by molar-refractivity contribution is -0.117. The summed E-state index contributed by atoms with van der Waals surface area (Å²) in [5.74, 6) is 2.00. The summed E-state index contributed by atoms with van der Waals surface area (Å²) in [5, 5.41) is 8.22. The second-order valence-corrected chi connectivity index (χ2v) is 8.92. The molecule has 0 unspecified atom stereocenters. The Morgan fingerprint density at radius 2 is 1.82 bits per heavy atom. The van der Waals surface area contributed by atoms with Crippen molar-refractivity contribution in [2.45, 2.75) is 18.2 Å². The van der Waals surface area contributed by atoms with Crippen molar-refractivity contribution in [1.82, 2.24) is 19.3 Å². The van der Waals surface area contributed by atoms with Crippen molar-refractivity contribution in [3.05, 3.63) is 71.1 Å². The molecule has 0 bridgehead atoms. The molecule has 0 radical (unpaired) electrons. The third kappa shape index (κ3) is 3.92. The molecule has 0 spiro atoms. The number of hydrogen-bond acceptors (Lipinski definition) is 7. The quantitative estimate of drug-likeness (QED) is 0.475. The van der Waals surface area contributed by atoms with Crippen LogP contribution in [-0.4, -0.2) is 37.8 Å². The molecule has 9 nitrogen and oxygen atoms in total. The van der Waals surface area contributed by atoms with Crippen LogP contribution in [0, 0.1) is 0 Å². The maximum atomic E-state index is 12.6. The fourth-order valence-corrected chi connectivity index (χ4v) is 4.82. The van der Waals surface area contributed by atoms with Gasteiger partial charge in [0.25, 0.3) is 5.56 Å². The number of carbonyl (C=O) groups is 1. The molecule has 170 valence electrons. The lowest BCUT2D eigenvalue weighted by Gasteiger charge is -2.09. The molecule has 0 fully saturated rings. The molecular weight excluding hydrogens is 454 g/mol. The largest absolute Gasteiger partial charge is 0.454 e. The topological polar surface area (TPSA) is 100 Å². The first-order chi connectivity index (χ1) is 16.6. The van der Waals surface area contributed by atoms with Gasteiger partial charge in [0.05, 0.1) is 11.4 Å². The summed E-state index contributed by atoms with van der Waals surface area (Å²) < 4.78 is 14.0. The molecule has 2 aliphatic heterocycles. The fourth-order valence-electron chi connectivity index (χ4n) is 3.88. The number of thioether (sulfide) groups is 1. The van der Waals surface area contributed by atoms with Gasteiger partial charge in [-0.15, -0.1) is 0 Å². The van der Waals surface area contributed by atoms with E-state index in [1.54, 1.807) is 30.0 Å². The zero-order valence-corrected chi connectivity index (χ0v) is 18.7. The van der Waals surface area contributed by atoms with Crippen LogP contribution in [0.5, 0.6) is 11.5 Å². The van der Waals surface area contributed by atoms with Gasteiger partial charge >= 0.3 is 0 Å². The number of benzene rings is 2. The number of aryl methyl sites for hydroxylation is 1. The number of amides is 1. The normalized spacial score (nSPS) is 13.6. The number of rotatable bonds is 5. The van der Waals surface area contributed by atoms with Crippen molar-refractivity contribution >= 4 is 23.4 Å². The second kappa shape index (κ2) is 8.38. The Balaban J connectivity index is 1.15. The van der Waals surface area contributed by atoms with Gasteiger partial charge in [0.2, 0.25) is 12.7 Å². The van der Waals surface area contributed by atoms with E-state index in [1.165, 1.54) is 6.07 Å². The van der Waals surface area contributed by atoms with Crippen LogP contribution in [0.15, 0.2) is 70.7 Å². The lowest BCUT2D eigenvalue weighted by Crippen LogP contribution is -2.29. The molecule has 34 heavy (non-hydrogen) atoms. The van der Waals surface area contributed by atoms with Crippen LogP contribution >= 0.6 is 11.8 Å². The van der Waals surface area contributed by atoms with Crippen molar-refractivity contribution < 1.29 is 14.3 Å². The number of carbonyl (C=O) groups excluding carboxylic acids is 1. The van der Waals surface area contributed by atoms with E-state index in [9.17, 15) is 9.59 Å². The van der Waals surface area contributed by atoms with Gasteiger partial charge in [0, 0.05) is 41.4 Å². The first-order valence-electron chi connectivity index (χ1n) is 10.7. The van der Waals surface area contributed by atoms with Gasteiger partial charge in [-0.2, -0.15) is 5.10 Å². The monoisotopic (exact) mass is 473 g/mol. The highest BCUT2D eigenvalue weighted by Gasteiger charge is 2.17. The van der Waals surface area contributed by atoms with Crippen LogP contribution in [0.4, 0.5) is 5.69 Å². The van der Waals surface area contributed by atoms with Gasteiger partial charge in [-0.1, -0.05) is 23.9 Å². The smallest absolute Gasteiger partial charge is 0.267 e. The van der Waals surface area contributed by atoms with E-state index in [0.717, 1.165) is 39.0 Å². The molecule has 0 saturated heterocycles. The molecule has 0 atom stereocenters. The summed E-state index contributed by atoms with van der Waals surface area (Å²) in [6.45, 7) is 0.949. The predicted octanol–water partition coefficient (Wildman–Crippen LogP) is 3.25. The number of nitrogens with one attached hydrogen (secondary N) is 1. The summed E-state index contributed by atoms with van der Waals surface area (Å²) in [6.07, 6.45) is 2.05. The summed E-state index contributed by atoms with van der Waals surface area (Å²) in [4.78, 5) is 29.6. The van der Waals surface area contributed by atoms with Gasteiger partial charge in [0.15, 0.2) is 16.7 Å². The van der Waals surface area contributed by atoms with Crippen LogP contribution in [0.3, 0.4) is 0 Å². The van der Waals surface area contributed by atoms with Gasteiger partial charge in [-0.25, -0.2) is 9.67 Å². The van der Waals surface area contributed by atoms with Crippen molar-refractivity contribution in [3.8, 4) is 34.0 Å². The zero-order chi connectivity index (χ0) is 23.1. The molecule has 0 aliphatic carbocycles. The lowest BCUT2D eigenvalue weighted by atomic mass is 10.1. The summed E-state index contributed by atoms with van der Waals surface area (Å²) in [6, 6.07) is 15.9. The van der Waals surface area contributed by atoms with E-state index in [2.05, 4.69) is 20.0 Å². The number of ether oxygens (including phenoxy) is 2. The highest BCUT2D eigenvalue weighted by atomic mass is 32.2. The number of hydrogen-bond donors (Lipinski definition) is 1. The third-order valence-corrected chi connectivity index (χ3v) is 6.57. The van der Waals surface area contributed by atoms with E-state index >= 15 is 0 Å². The van der Waals surface area contributed by atoms with Crippen LogP contribution in [-0.2, 0) is 17.9 Å². The first kappa shape index (κ1) is 20.5. The van der Waals surface area contributed by atoms with E-state index in [-0.39, 0.29) is 24.8 Å². The minimum absolute atomic E-state index is 0.177. The standard InChI is InChI=1S/C24H19N5O4S/c30-22(25-17-4-1-15(2-5-17)19-12-28-9-10-34-24(28)26-19)13-29-23(31)8-6-18(27-29)16-3-7-20-21(11-16)33-14-32-20/h1-8,11-12H,9-10,13-14H2,(H,25,30). The SMILES string of the molecule is O=C(Cn1nc(-c2ccc3c(c2)OCO3)ccc1=O)Nc1ccc(-c2cn3c(n2)SCC3)cc1. The number of nitrogens with zero attached hydrogens (tertiary/aromatic N) is 4. The molecule has 2 aliphatic rings. The van der Waals surface area contributed by atoms with Gasteiger partial charge in [-0.3, -0.25) is 9.59 Å². The molecule has 4 aromatic rings. The Morgan fingerprint density at radius 3 is 2.68 bits per heavy atom. The van der Waals surface area contributed by atoms with Gasteiger partial charge in [-0.05, 0) is 36.4 Å². The third-order valence-electron chi connectivity index (χ3n) is 5.60. The van der Waals surface area contributed by atoms with Crippen LogP contribution in [0.25, 0.3) is 22.5 Å². The van der Waals surface area contributed by atoms with Crippen molar-refractivity contribution in [1.29, 1.82) is 0 Å². The predicted molar refractivity (Wildman–Crippen MR) is 127 cm³/mol. The van der Waals surface area contributed by atoms with E-state index in [4.69, 9.17) is 9.47 Å². The molecule has 10 heteroatoms. The maximum absolute atomic E-state index is 12.6. The van der Waals surface area contributed by atoms with Crippen molar-refractivity contribution in [2.75, 3.05) is 17.9 Å². The highest BCUT2D eigenvalue weighted by Crippen LogP contribution is 2.35. The summed E-state index contributed by atoms with van der Waals surface area (Å²) in [5.41, 5.74) is 3.49. The first-order valence-corrected chi connectivity index (χ1v) is 11.7.